The highest BCUT2D eigenvalue weighted by Crippen LogP contribution is 2.15. The number of ether oxygens (including phenoxy) is 2. The average molecular weight is 184 g/mol. The van der Waals surface area contributed by atoms with Gasteiger partial charge in [0.1, 0.15) is 11.6 Å². The van der Waals surface area contributed by atoms with Crippen LogP contribution in [-0.2, 0) is 4.74 Å². The Kier molecular flexibility index (Phi) is 3.40. The Morgan fingerprint density at radius 1 is 1.54 bits per heavy atom. The van der Waals surface area contributed by atoms with Crippen molar-refractivity contribution in [2.75, 3.05) is 13.9 Å². The van der Waals surface area contributed by atoms with Crippen LogP contribution in [0.1, 0.15) is 10.4 Å². The SMILES string of the molecule is COCOc1ccc(F)c(C=O)c1. The molecule has 0 saturated carbocycles. The van der Waals surface area contributed by atoms with Crippen molar-refractivity contribution in [1.29, 1.82) is 0 Å². The Morgan fingerprint density at radius 2 is 2.31 bits per heavy atom. The molecule has 1 aromatic carbocycles. The van der Waals surface area contributed by atoms with Gasteiger partial charge in [0, 0.05) is 7.11 Å². The molecule has 0 amide bonds. The van der Waals surface area contributed by atoms with Crippen LogP contribution in [0, 0.1) is 5.82 Å². The summed E-state index contributed by atoms with van der Waals surface area (Å²) in [6, 6.07) is 3.93. The lowest BCUT2D eigenvalue weighted by atomic mass is 10.2. The third-order valence-corrected chi connectivity index (χ3v) is 1.44. The highest BCUT2D eigenvalue weighted by molar-refractivity contribution is 5.75. The lowest BCUT2D eigenvalue weighted by Gasteiger charge is -2.04. The molecule has 0 spiro atoms. The van der Waals surface area contributed by atoms with Crippen molar-refractivity contribution >= 4 is 6.29 Å². The third-order valence-electron chi connectivity index (χ3n) is 1.44. The van der Waals surface area contributed by atoms with Gasteiger partial charge in [-0.3, -0.25) is 4.79 Å². The van der Waals surface area contributed by atoms with Gasteiger partial charge < -0.3 is 9.47 Å². The first-order valence-corrected chi connectivity index (χ1v) is 3.64. The smallest absolute Gasteiger partial charge is 0.188 e. The Bertz CT molecular complexity index is 299. The zero-order valence-corrected chi connectivity index (χ0v) is 7.12. The van der Waals surface area contributed by atoms with Crippen LogP contribution in [0.25, 0.3) is 0 Å². The van der Waals surface area contributed by atoms with E-state index in [1.807, 2.05) is 0 Å². The van der Waals surface area contributed by atoms with Gasteiger partial charge in [-0.05, 0) is 18.2 Å². The molecule has 13 heavy (non-hydrogen) atoms. The fraction of sp³-hybridized carbons (Fsp3) is 0.222. The van der Waals surface area contributed by atoms with E-state index in [1.165, 1.54) is 25.3 Å². The molecule has 3 nitrogen and oxygen atoms in total. The predicted octanol–water partition coefficient (Wildman–Crippen LogP) is 1.62. The largest absolute Gasteiger partial charge is 0.468 e. The number of aldehydes is 1. The van der Waals surface area contributed by atoms with Crippen molar-refractivity contribution < 1.29 is 18.7 Å². The van der Waals surface area contributed by atoms with Gasteiger partial charge in [0.15, 0.2) is 13.1 Å². The second kappa shape index (κ2) is 4.57. The van der Waals surface area contributed by atoms with Gasteiger partial charge in [-0.25, -0.2) is 4.39 Å². The Labute approximate surface area is 75.1 Å². The van der Waals surface area contributed by atoms with E-state index in [1.54, 1.807) is 0 Å². The lowest BCUT2D eigenvalue weighted by Crippen LogP contribution is -1.99. The molecule has 0 N–H and O–H groups in total. The molecule has 0 aromatic heterocycles. The average Bonchev–Trinajstić information content (AvgIpc) is 2.16. The summed E-state index contributed by atoms with van der Waals surface area (Å²) in [7, 11) is 1.48. The van der Waals surface area contributed by atoms with E-state index in [0.717, 1.165) is 0 Å². The van der Waals surface area contributed by atoms with Crippen LogP contribution in [0.4, 0.5) is 4.39 Å². The molecule has 0 aliphatic heterocycles. The van der Waals surface area contributed by atoms with Crippen molar-refractivity contribution in [1.82, 2.24) is 0 Å². The maximum Gasteiger partial charge on any atom is 0.188 e. The second-order valence-corrected chi connectivity index (χ2v) is 2.35. The monoisotopic (exact) mass is 184 g/mol. The summed E-state index contributed by atoms with van der Waals surface area (Å²) in [4.78, 5) is 10.3. The molecule has 0 bridgehead atoms. The van der Waals surface area contributed by atoms with Crippen molar-refractivity contribution in [2.45, 2.75) is 0 Å². The first kappa shape index (κ1) is 9.67. The van der Waals surface area contributed by atoms with E-state index in [4.69, 9.17) is 4.74 Å². The third kappa shape index (κ3) is 2.52. The van der Waals surface area contributed by atoms with Crippen LogP contribution in [0.5, 0.6) is 5.75 Å². The minimum atomic E-state index is -0.556. The van der Waals surface area contributed by atoms with Crippen molar-refractivity contribution in [2.24, 2.45) is 0 Å². The number of hydrogen-bond acceptors (Lipinski definition) is 3. The highest BCUT2D eigenvalue weighted by atomic mass is 19.1. The molecule has 0 aliphatic carbocycles. The Balaban J connectivity index is 2.80. The van der Waals surface area contributed by atoms with E-state index in [9.17, 15) is 9.18 Å². The Morgan fingerprint density at radius 3 is 2.92 bits per heavy atom. The second-order valence-electron chi connectivity index (χ2n) is 2.35. The summed E-state index contributed by atoms with van der Waals surface area (Å²) in [5.74, 6) is -0.148. The van der Waals surface area contributed by atoms with Gasteiger partial charge in [0.05, 0.1) is 5.56 Å². The van der Waals surface area contributed by atoms with Crippen molar-refractivity contribution in [3.05, 3.63) is 29.6 Å². The standard InChI is InChI=1S/C9H9FO3/c1-12-6-13-8-2-3-9(10)7(4-8)5-11/h2-5H,6H2,1H3. The topological polar surface area (TPSA) is 35.5 Å². The molecule has 4 heteroatoms. The summed E-state index contributed by atoms with van der Waals surface area (Å²) >= 11 is 0. The van der Waals surface area contributed by atoms with Crippen molar-refractivity contribution in [3.63, 3.8) is 0 Å². The molecule has 0 unspecified atom stereocenters. The molecule has 1 aromatic rings. The van der Waals surface area contributed by atoms with Crippen LogP contribution in [0.15, 0.2) is 18.2 Å². The molecule has 0 atom stereocenters. The summed E-state index contributed by atoms with van der Waals surface area (Å²) < 4.78 is 22.4. The van der Waals surface area contributed by atoms with Crippen LogP contribution in [0.3, 0.4) is 0 Å². The number of halogens is 1. The van der Waals surface area contributed by atoms with Crippen LogP contribution < -0.4 is 4.74 Å². The maximum atomic E-state index is 12.8. The molecule has 0 saturated heterocycles. The van der Waals surface area contributed by atoms with Crippen molar-refractivity contribution in [3.8, 4) is 5.75 Å². The van der Waals surface area contributed by atoms with E-state index < -0.39 is 5.82 Å². The molecule has 0 radical (unpaired) electrons. The number of carbonyl (C=O) groups is 1. The van der Waals surface area contributed by atoms with E-state index in [2.05, 4.69) is 4.74 Å². The molecule has 70 valence electrons. The fourth-order valence-electron chi connectivity index (χ4n) is 0.829. The first-order chi connectivity index (χ1) is 6.27. The summed E-state index contributed by atoms with van der Waals surface area (Å²) in [5, 5.41) is 0. The van der Waals surface area contributed by atoms with Gasteiger partial charge in [0.25, 0.3) is 0 Å². The van der Waals surface area contributed by atoms with Crippen LogP contribution >= 0.6 is 0 Å². The Hall–Kier alpha value is -1.42. The van der Waals surface area contributed by atoms with Gasteiger partial charge in [-0.2, -0.15) is 0 Å². The number of rotatable bonds is 4. The zero-order valence-electron chi connectivity index (χ0n) is 7.12. The minimum absolute atomic E-state index is 0.0198. The van der Waals surface area contributed by atoms with Gasteiger partial charge in [-0.15, -0.1) is 0 Å². The fourth-order valence-corrected chi connectivity index (χ4v) is 0.829. The van der Waals surface area contributed by atoms with Crippen LogP contribution in [-0.4, -0.2) is 20.2 Å². The predicted molar refractivity (Wildman–Crippen MR) is 44.3 cm³/mol. The van der Waals surface area contributed by atoms with Gasteiger partial charge in [0.2, 0.25) is 0 Å². The minimum Gasteiger partial charge on any atom is -0.468 e. The lowest BCUT2D eigenvalue weighted by molar-refractivity contribution is 0.0510. The molecular formula is C9H9FO3. The van der Waals surface area contributed by atoms with Gasteiger partial charge in [-0.1, -0.05) is 0 Å². The number of methoxy groups -OCH3 is 1. The van der Waals surface area contributed by atoms with E-state index in [0.29, 0.717) is 12.0 Å². The molecule has 0 fully saturated rings. The van der Waals surface area contributed by atoms with Crippen LogP contribution in [0.2, 0.25) is 0 Å². The zero-order chi connectivity index (χ0) is 9.68. The molecule has 0 aliphatic rings. The molecule has 0 heterocycles. The molecule has 1 rings (SSSR count). The molecular weight excluding hydrogens is 175 g/mol. The normalized spacial score (nSPS) is 9.69. The summed E-state index contributed by atoms with van der Waals surface area (Å²) in [6.07, 6.45) is 0.439. The highest BCUT2D eigenvalue weighted by Gasteiger charge is 2.02. The quantitative estimate of drug-likeness (QED) is 0.527. The van der Waals surface area contributed by atoms with Gasteiger partial charge >= 0.3 is 0 Å². The van der Waals surface area contributed by atoms with E-state index in [-0.39, 0.29) is 12.4 Å². The number of hydrogen-bond donors (Lipinski definition) is 0. The number of benzene rings is 1. The number of carbonyl (C=O) groups excluding carboxylic acids is 1. The summed E-state index contributed by atoms with van der Waals surface area (Å²) in [6.45, 7) is 0.0733. The maximum absolute atomic E-state index is 12.8. The van der Waals surface area contributed by atoms with E-state index >= 15 is 0 Å². The summed E-state index contributed by atoms with van der Waals surface area (Å²) in [5.41, 5.74) is -0.0198. The first-order valence-electron chi connectivity index (χ1n) is 3.64.